The highest BCUT2D eigenvalue weighted by Gasteiger charge is 2.22. The van der Waals surface area contributed by atoms with Crippen molar-refractivity contribution in [1.82, 2.24) is 5.32 Å². The van der Waals surface area contributed by atoms with Crippen molar-refractivity contribution in [2.24, 2.45) is 5.73 Å². The second kappa shape index (κ2) is 13.0. The fourth-order valence-electron chi connectivity index (χ4n) is 1.47. The minimum absolute atomic E-state index is 0.206. The summed E-state index contributed by atoms with van der Waals surface area (Å²) in [7, 11) is -3.03. The molecule has 0 saturated carbocycles. The van der Waals surface area contributed by atoms with E-state index >= 15 is 0 Å². The number of rotatable bonds is 14. The Morgan fingerprint density at radius 1 is 1.09 bits per heavy atom. The van der Waals surface area contributed by atoms with Crippen LogP contribution >= 0.6 is 7.60 Å². The molecule has 0 unspecified atom stereocenters. The molecule has 1 atom stereocenters. The van der Waals surface area contributed by atoms with E-state index in [4.69, 9.17) is 24.3 Å². The van der Waals surface area contributed by atoms with Crippen LogP contribution in [0.5, 0.6) is 0 Å². The van der Waals surface area contributed by atoms with Crippen LogP contribution in [0.3, 0.4) is 0 Å². The number of carbonyl (C=O) groups excluding carboxylic acids is 1. The third-order valence-corrected chi connectivity index (χ3v) is 4.53. The number of hydrogen-bond donors (Lipinski definition) is 2. The van der Waals surface area contributed by atoms with Gasteiger partial charge in [0, 0.05) is 6.54 Å². The highest BCUT2D eigenvalue weighted by molar-refractivity contribution is 7.53. The van der Waals surface area contributed by atoms with Gasteiger partial charge in [-0.2, -0.15) is 0 Å². The molecule has 0 aromatic rings. The molecule has 0 rings (SSSR count). The van der Waals surface area contributed by atoms with Gasteiger partial charge in [0.15, 0.2) is 0 Å². The van der Waals surface area contributed by atoms with Crippen LogP contribution in [-0.4, -0.2) is 64.3 Å². The fourth-order valence-corrected chi connectivity index (χ4v) is 2.94. The standard InChI is InChI=1S/C13H29N2O6P/c1-4-20-22(17,21-5-2)11-10-19-9-8-18-7-6-15-13(16)12(3)14/h12H,4-11,14H2,1-3H3,(H,15,16)/t12-/m0/s1. The van der Waals surface area contributed by atoms with Crippen LogP contribution in [0.15, 0.2) is 0 Å². The molecule has 0 aromatic carbocycles. The first-order chi connectivity index (χ1) is 10.4. The second-order valence-corrected chi connectivity index (χ2v) is 6.66. The number of nitrogens with two attached hydrogens (primary N) is 1. The molecule has 0 bridgehead atoms. The zero-order chi connectivity index (χ0) is 16.8. The second-order valence-electron chi connectivity index (χ2n) is 4.47. The van der Waals surface area contributed by atoms with E-state index < -0.39 is 13.6 Å². The summed E-state index contributed by atoms with van der Waals surface area (Å²) in [5.74, 6) is -0.206. The van der Waals surface area contributed by atoms with Crippen molar-refractivity contribution in [3.63, 3.8) is 0 Å². The first kappa shape index (κ1) is 21.5. The summed E-state index contributed by atoms with van der Waals surface area (Å²) in [4.78, 5) is 11.2. The maximum absolute atomic E-state index is 12.1. The molecular formula is C13H29N2O6P. The van der Waals surface area contributed by atoms with E-state index in [-0.39, 0.29) is 18.7 Å². The van der Waals surface area contributed by atoms with Gasteiger partial charge >= 0.3 is 7.60 Å². The lowest BCUT2D eigenvalue weighted by Gasteiger charge is -2.16. The van der Waals surface area contributed by atoms with Crippen molar-refractivity contribution >= 4 is 13.5 Å². The molecule has 132 valence electrons. The zero-order valence-electron chi connectivity index (χ0n) is 13.7. The van der Waals surface area contributed by atoms with Crippen LogP contribution in [0.25, 0.3) is 0 Å². The Labute approximate surface area is 132 Å². The Balaban J connectivity index is 3.53. The smallest absolute Gasteiger partial charge is 0.332 e. The van der Waals surface area contributed by atoms with Crippen molar-refractivity contribution in [1.29, 1.82) is 0 Å². The predicted molar refractivity (Wildman–Crippen MR) is 84.0 cm³/mol. The highest BCUT2D eigenvalue weighted by Crippen LogP contribution is 2.47. The van der Waals surface area contributed by atoms with Gasteiger partial charge in [0.1, 0.15) is 0 Å². The summed E-state index contributed by atoms with van der Waals surface area (Å²) in [5.41, 5.74) is 5.39. The Bertz CT molecular complexity index is 330. The SMILES string of the molecule is CCOP(=O)(CCOCCOCCNC(=O)[C@H](C)N)OCC. The summed E-state index contributed by atoms with van der Waals surface area (Å²) in [6.45, 7) is 7.68. The molecule has 0 saturated heterocycles. The molecule has 8 nitrogen and oxygen atoms in total. The molecule has 1 amide bonds. The Kier molecular flexibility index (Phi) is 12.7. The molecule has 3 N–H and O–H groups in total. The lowest BCUT2D eigenvalue weighted by atomic mass is 10.3. The monoisotopic (exact) mass is 340 g/mol. The maximum atomic E-state index is 12.1. The summed E-state index contributed by atoms with van der Waals surface area (Å²) in [6.07, 6.45) is 0.221. The fraction of sp³-hybridized carbons (Fsp3) is 0.923. The quantitative estimate of drug-likeness (QED) is 0.355. The normalized spacial score (nSPS) is 13.1. The van der Waals surface area contributed by atoms with Crippen LogP contribution in [0.1, 0.15) is 20.8 Å². The first-order valence-electron chi connectivity index (χ1n) is 7.52. The van der Waals surface area contributed by atoms with Crippen molar-refractivity contribution in [2.45, 2.75) is 26.8 Å². The average molecular weight is 340 g/mol. The van der Waals surface area contributed by atoms with Crippen LogP contribution in [-0.2, 0) is 27.9 Å². The summed E-state index contributed by atoms with van der Waals surface area (Å²) in [5, 5.41) is 2.63. The van der Waals surface area contributed by atoms with Gasteiger partial charge in [-0.3, -0.25) is 9.36 Å². The molecular weight excluding hydrogens is 311 g/mol. The molecule has 0 fully saturated rings. The largest absolute Gasteiger partial charge is 0.378 e. The van der Waals surface area contributed by atoms with E-state index in [1.165, 1.54) is 0 Å². The topological polar surface area (TPSA) is 109 Å². The Morgan fingerprint density at radius 2 is 1.64 bits per heavy atom. The third kappa shape index (κ3) is 11.1. The van der Waals surface area contributed by atoms with E-state index in [0.29, 0.717) is 39.6 Å². The number of carbonyl (C=O) groups is 1. The minimum atomic E-state index is -3.03. The van der Waals surface area contributed by atoms with Crippen LogP contribution in [0.4, 0.5) is 0 Å². The first-order valence-corrected chi connectivity index (χ1v) is 9.25. The lowest BCUT2D eigenvalue weighted by molar-refractivity contribution is -0.122. The molecule has 0 aromatic heterocycles. The molecule has 0 aliphatic rings. The lowest BCUT2D eigenvalue weighted by Crippen LogP contribution is -2.39. The van der Waals surface area contributed by atoms with Gasteiger partial charge in [-0.1, -0.05) is 0 Å². The molecule has 0 radical (unpaired) electrons. The van der Waals surface area contributed by atoms with Gasteiger partial charge < -0.3 is 29.6 Å². The van der Waals surface area contributed by atoms with Gasteiger partial charge in [0.25, 0.3) is 0 Å². The van der Waals surface area contributed by atoms with Gasteiger partial charge in [0.05, 0.1) is 51.8 Å². The van der Waals surface area contributed by atoms with Gasteiger partial charge in [-0.25, -0.2) is 0 Å². The van der Waals surface area contributed by atoms with Crippen molar-refractivity contribution in [3.05, 3.63) is 0 Å². The summed E-state index contributed by atoms with van der Waals surface area (Å²) >= 11 is 0. The number of amides is 1. The summed E-state index contributed by atoms with van der Waals surface area (Å²) < 4.78 is 33.0. The van der Waals surface area contributed by atoms with E-state index in [0.717, 1.165) is 0 Å². The molecule has 0 aliphatic carbocycles. The van der Waals surface area contributed by atoms with Gasteiger partial charge in [-0.05, 0) is 20.8 Å². The molecule has 9 heteroatoms. The minimum Gasteiger partial charge on any atom is -0.378 e. The molecule has 0 spiro atoms. The summed E-state index contributed by atoms with van der Waals surface area (Å²) in [6, 6.07) is -0.519. The third-order valence-electron chi connectivity index (χ3n) is 2.49. The molecule has 0 aliphatic heterocycles. The van der Waals surface area contributed by atoms with Gasteiger partial charge in [0.2, 0.25) is 5.91 Å². The molecule has 22 heavy (non-hydrogen) atoms. The van der Waals surface area contributed by atoms with Gasteiger partial charge in [-0.15, -0.1) is 0 Å². The average Bonchev–Trinajstić information content (AvgIpc) is 2.45. The molecule has 0 heterocycles. The van der Waals surface area contributed by atoms with Crippen LogP contribution in [0.2, 0.25) is 0 Å². The number of ether oxygens (including phenoxy) is 2. The van der Waals surface area contributed by atoms with E-state index in [1.54, 1.807) is 20.8 Å². The number of nitrogens with one attached hydrogen (secondary N) is 1. The van der Waals surface area contributed by atoms with E-state index in [1.807, 2.05) is 0 Å². The maximum Gasteiger partial charge on any atom is 0.332 e. The van der Waals surface area contributed by atoms with Crippen LogP contribution in [0, 0.1) is 0 Å². The van der Waals surface area contributed by atoms with E-state index in [9.17, 15) is 9.36 Å². The highest BCUT2D eigenvalue weighted by atomic mass is 31.2. The van der Waals surface area contributed by atoms with Crippen molar-refractivity contribution in [3.8, 4) is 0 Å². The van der Waals surface area contributed by atoms with Crippen LogP contribution < -0.4 is 11.1 Å². The Morgan fingerprint density at radius 3 is 2.14 bits per heavy atom. The zero-order valence-corrected chi connectivity index (χ0v) is 14.6. The van der Waals surface area contributed by atoms with Crippen molar-refractivity contribution in [2.75, 3.05) is 52.3 Å². The number of hydrogen-bond acceptors (Lipinski definition) is 7. The predicted octanol–water partition coefficient (Wildman–Crippen LogP) is 0.749. The van der Waals surface area contributed by atoms with Crippen molar-refractivity contribution < 1.29 is 27.9 Å². The Hall–Kier alpha value is -0.500. The van der Waals surface area contributed by atoms with E-state index in [2.05, 4.69) is 5.32 Å².